The van der Waals surface area contributed by atoms with Crippen LogP contribution in [-0.2, 0) is 9.53 Å². The number of alkyl halides is 2. The number of benzene rings is 2. The molecule has 3 rings (SSSR count). The van der Waals surface area contributed by atoms with Crippen molar-refractivity contribution in [3.05, 3.63) is 65.7 Å². The van der Waals surface area contributed by atoms with Crippen LogP contribution in [0.25, 0.3) is 0 Å². The van der Waals surface area contributed by atoms with E-state index in [9.17, 15) is 13.6 Å². The van der Waals surface area contributed by atoms with Crippen LogP contribution in [0.3, 0.4) is 0 Å². The molecule has 156 valence electrons. The van der Waals surface area contributed by atoms with Gasteiger partial charge in [0.05, 0.1) is 24.8 Å². The van der Waals surface area contributed by atoms with Gasteiger partial charge in [0.2, 0.25) is 5.91 Å². The summed E-state index contributed by atoms with van der Waals surface area (Å²) in [6, 6.07) is 15.5. The molecule has 2 aromatic rings. The smallest absolute Gasteiger partial charge is 0.387 e. The van der Waals surface area contributed by atoms with Crippen molar-refractivity contribution < 1.29 is 23.0 Å². The molecular formula is C22H26F2N2O3. The normalized spacial score (nSPS) is 21.0. The predicted octanol–water partition coefficient (Wildman–Crippen LogP) is 3.60. The average molecular weight is 404 g/mol. The van der Waals surface area contributed by atoms with Gasteiger partial charge in [-0.1, -0.05) is 42.5 Å². The first-order valence-corrected chi connectivity index (χ1v) is 9.67. The lowest BCUT2D eigenvalue weighted by Crippen LogP contribution is -2.49. The predicted molar refractivity (Wildman–Crippen MR) is 106 cm³/mol. The lowest BCUT2D eigenvalue weighted by Gasteiger charge is -2.35. The Kier molecular flexibility index (Phi) is 7.17. The summed E-state index contributed by atoms with van der Waals surface area (Å²) in [5.74, 6) is -0.0220. The third-order valence-electron chi connectivity index (χ3n) is 4.74. The zero-order chi connectivity index (χ0) is 20.8. The lowest BCUT2D eigenvalue weighted by atomic mass is 9.98. The number of hydrogen-bond donors (Lipinski definition) is 1. The first kappa shape index (κ1) is 21.2. The zero-order valence-electron chi connectivity index (χ0n) is 16.6. The van der Waals surface area contributed by atoms with E-state index in [-0.39, 0.29) is 36.5 Å². The Labute approximate surface area is 169 Å². The summed E-state index contributed by atoms with van der Waals surface area (Å²) in [7, 11) is 0. The first-order valence-electron chi connectivity index (χ1n) is 9.67. The minimum absolute atomic E-state index is 0.0816. The van der Waals surface area contributed by atoms with Crippen LogP contribution in [0.5, 0.6) is 5.75 Å². The lowest BCUT2D eigenvalue weighted by molar-refractivity contribution is -0.126. The van der Waals surface area contributed by atoms with Gasteiger partial charge in [-0.3, -0.25) is 9.69 Å². The minimum Gasteiger partial charge on any atom is -0.435 e. The van der Waals surface area contributed by atoms with Gasteiger partial charge in [0.1, 0.15) is 5.75 Å². The highest BCUT2D eigenvalue weighted by atomic mass is 19.3. The van der Waals surface area contributed by atoms with Crippen molar-refractivity contribution in [1.29, 1.82) is 0 Å². The van der Waals surface area contributed by atoms with Crippen molar-refractivity contribution in [3.63, 3.8) is 0 Å². The van der Waals surface area contributed by atoms with Crippen molar-refractivity contribution >= 4 is 5.91 Å². The molecule has 1 saturated heterocycles. The maximum atomic E-state index is 12.8. The Morgan fingerprint density at radius 2 is 1.66 bits per heavy atom. The highest BCUT2D eigenvalue weighted by Crippen LogP contribution is 2.25. The van der Waals surface area contributed by atoms with Crippen LogP contribution >= 0.6 is 0 Å². The van der Waals surface area contributed by atoms with E-state index in [0.717, 1.165) is 11.1 Å². The number of halogens is 2. The van der Waals surface area contributed by atoms with Crippen LogP contribution in [-0.4, -0.2) is 49.3 Å². The molecule has 5 nitrogen and oxygen atoms in total. The summed E-state index contributed by atoms with van der Waals surface area (Å²) in [5.41, 5.74) is 1.70. The van der Waals surface area contributed by atoms with E-state index in [0.29, 0.717) is 13.1 Å². The fourth-order valence-electron chi connectivity index (χ4n) is 3.67. The third-order valence-corrected chi connectivity index (χ3v) is 4.74. The second kappa shape index (κ2) is 9.80. The van der Waals surface area contributed by atoms with E-state index < -0.39 is 6.61 Å². The fourth-order valence-corrected chi connectivity index (χ4v) is 3.67. The summed E-state index contributed by atoms with van der Waals surface area (Å²) in [6.45, 7) is 2.80. The van der Waals surface area contributed by atoms with Crippen molar-refractivity contribution in [2.45, 2.75) is 38.7 Å². The van der Waals surface area contributed by atoms with Gasteiger partial charge in [0, 0.05) is 13.1 Å². The minimum atomic E-state index is -2.87. The molecule has 0 unspecified atom stereocenters. The number of nitrogens with one attached hydrogen (secondary N) is 1. The summed E-state index contributed by atoms with van der Waals surface area (Å²) in [5, 5.41) is 3.08. The molecule has 1 fully saturated rings. The molecule has 0 spiro atoms. The molecule has 2 aromatic carbocycles. The van der Waals surface area contributed by atoms with Gasteiger partial charge >= 0.3 is 6.61 Å². The molecule has 1 amide bonds. The largest absolute Gasteiger partial charge is 0.435 e. The summed E-state index contributed by atoms with van der Waals surface area (Å²) < 4.78 is 34.9. The molecule has 0 radical (unpaired) electrons. The molecule has 0 aromatic heterocycles. The van der Waals surface area contributed by atoms with E-state index in [1.807, 2.05) is 44.2 Å². The van der Waals surface area contributed by atoms with E-state index in [1.165, 1.54) is 12.1 Å². The van der Waals surface area contributed by atoms with Gasteiger partial charge in [-0.25, -0.2) is 0 Å². The molecule has 1 N–H and O–H groups in total. The van der Waals surface area contributed by atoms with Gasteiger partial charge in [-0.15, -0.1) is 0 Å². The molecule has 7 heteroatoms. The van der Waals surface area contributed by atoms with Gasteiger partial charge in [0.15, 0.2) is 0 Å². The fraction of sp³-hybridized carbons (Fsp3) is 0.409. The Morgan fingerprint density at radius 3 is 2.24 bits per heavy atom. The molecule has 3 atom stereocenters. The standard InChI is InChI=1S/C22H26F2N2O3/c1-15-12-26(13-16(2)28-15)14-20(27)25-21(17-6-4-3-5-7-17)18-8-10-19(11-9-18)29-22(23)24/h3-11,15-16,21-22H,12-14H2,1-2H3,(H,25,27)/t15-,16+,21-/m0/s1. The number of rotatable bonds is 7. The summed E-state index contributed by atoms with van der Waals surface area (Å²) in [6.07, 6.45) is 0.165. The maximum absolute atomic E-state index is 12.8. The molecule has 0 aliphatic carbocycles. The van der Waals surface area contributed by atoms with Crippen LogP contribution in [0.15, 0.2) is 54.6 Å². The number of hydrogen-bond acceptors (Lipinski definition) is 4. The quantitative estimate of drug-likeness (QED) is 0.766. The third kappa shape index (κ3) is 6.24. The first-order chi connectivity index (χ1) is 13.9. The van der Waals surface area contributed by atoms with Crippen molar-refractivity contribution in [2.75, 3.05) is 19.6 Å². The molecular weight excluding hydrogens is 378 g/mol. The van der Waals surface area contributed by atoms with E-state index in [4.69, 9.17) is 4.74 Å². The topological polar surface area (TPSA) is 50.8 Å². The molecule has 1 aliphatic heterocycles. The van der Waals surface area contributed by atoms with Crippen molar-refractivity contribution in [3.8, 4) is 5.75 Å². The van der Waals surface area contributed by atoms with E-state index in [2.05, 4.69) is 15.0 Å². The van der Waals surface area contributed by atoms with Crippen LogP contribution in [0.4, 0.5) is 8.78 Å². The molecule has 1 heterocycles. The summed E-state index contributed by atoms with van der Waals surface area (Å²) >= 11 is 0. The molecule has 0 saturated carbocycles. The van der Waals surface area contributed by atoms with E-state index >= 15 is 0 Å². The van der Waals surface area contributed by atoms with Gasteiger partial charge < -0.3 is 14.8 Å². The van der Waals surface area contributed by atoms with Crippen molar-refractivity contribution in [1.82, 2.24) is 10.2 Å². The van der Waals surface area contributed by atoms with Gasteiger partial charge in [0.25, 0.3) is 0 Å². The summed E-state index contributed by atoms with van der Waals surface area (Å²) in [4.78, 5) is 14.9. The highest BCUT2D eigenvalue weighted by Gasteiger charge is 2.25. The highest BCUT2D eigenvalue weighted by molar-refractivity contribution is 5.79. The SMILES string of the molecule is C[C@@H]1CN(CC(=O)N[C@@H](c2ccccc2)c2ccc(OC(F)F)cc2)C[C@H](C)O1. The maximum Gasteiger partial charge on any atom is 0.387 e. The van der Waals surface area contributed by atoms with E-state index in [1.54, 1.807) is 12.1 Å². The number of carbonyl (C=O) groups is 1. The Bertz CT molecular complexity index is 776. The number of carbonyl (C=O) groups excluding carboxylic acids is 1. The average Bonchev–Trinajstić information content (AvgIpc) is 2.66. The van der Waals surface area contributed by atoms with Crippen LogP contribution < -0.4 is 10.1 Å². The van der Waals surface area contributed by atoms with Gasteiger partial charge in [-0.2, -0.15) is 8.78 Å². The second-order valence-electron chi connectivity index (χ2n) is 7.31. The Morgan fingerprint density at radius 1 is 1.07 bits per heavy atom. The number of amides is 1. The molecule has 29 heavy (non-hydrogen) atoms. The number of nitrogens with zero attached hydrogens (tertiary/aromatic N) is 1. The monoisotopic (exact) mass is 404 g/mol. The number of ether oxygens (including phenoxy) is 2. The van der Waals surface area contributed by atoms with Crippen molar-refractivity contribution in [2.24, 2.45) is 0 Å². The second-order valence-corrected chi connectivity index (χ2v) is 7.31. The Hall–Kier alpha value is -2.51. The zero-order valence-corrected chi connectivity index (χ0v) is 16.6. The molecule has 0 bridgehead atoms. The Balaban J connectivity index is 1.73. The molecule has 1 aliphatic rings. The van der Waals surface area contributed by atoms with Gasteiger partial charge in [-0.05, 0) is 37.1 Å². The van der Waals surface area contributed by atoms with Crippen LogP contribution in [0.2, 0.25) is 0 Å². The van der Waals surface area contributed by atoms with Crippen LogP contribution in [0, 0.1) is 0 Å². The van der Waals surface area contributed by atoms with Crippen LogP contribution in [0.1, 0.15) is 31.0 Å². The number of morpholine rings is 1.